The first-order valence-corrected chi connectivity index (χ1v) is 9.15. The summed E-state index contributed by atoms with van der Waals surface area (Å²) >= 11 is 1.36. The van der Waals surface area contributed by atoms with E-state index in [1.54, 1.807) is 29.6 Å². The Morgan fingerprint density at radius 3 is 2.41 bits per heavy atom. The first kappa shape index (κ1) is 19.0. The number of amides is 1. The maximum Gasteiger partial charge on any atom is 0.343 e. The van der Waals surface area contributed by atoms with E-state index in [0.717, 1.165) is 17.0 Å². The highest BCUT2D eigenvalue weighted by Gasteiger charge is 2.30. The van der Waals surface area contributed by atoms with E-state index >= 15 is 0 Å². The molecule has 0 spiro atoms. The third-order valence-electron chi connectivity index (χ3n) is 4.01. The number of hydrogen-bond donors (Lipinski definition) is 1. The van der Waals surface area contributed by atoms with E-state index in [1.807, 2.05) is 49.3 Å². The molecule has 0 radical (unpaired) electrons. The lowest BCUT2D eigenvalue weighted by atomic mass is 10.1. The second kappa shape index (κ2) is 7.85. The van der Waals surface area contributed by atoms with Gasteiger partial charge in [-0.15, -0.1) is 0 Å². The van der Waals surface area contributed by atoms with Gasteiger partial charge in [-0.1, -0.05) is 24.3 Å². The summed E-state index contributed by atoms with van der Waals surface area (Å²) in [5.41, 5.74) is 7.87. The van der Waals surface area contributed by atoms with Crippen LogP contribution in [-0.4, -0.2) is 42.2 Å². The fourth-order valence-electron chi connectivity index (χ4n) is 2.83. The number of carbonyl (C=O) groups excluding carboxylic acids is 2. The molecule has 1 heterocycles. The number of fused-ring (bicyclic) bond motifs is 1. The van der Waals surface area contributed by atoms with E-state index in [2.05, 4.69) is 0 Å². The largest absolute Gasteiger partial charge is 0.420 e. The fraction of sp³-hybridized carbons (Fsp3) is 0.200. The summed E-state index contributed by atoms with van der Waals surface area (Å²) in [5, 5.41) is 0. The molecular formula is C20H21N3O3S. The van der Waals surface area contributed by atoms with Gasteiger partial charge in [0.2, 0.25) is 0 Å². The molecule has 7 heteroatoms. The number of carbonyl (C=O) groups is 2. The summed E-state index contributed by atoms with van der Waals surface area (Å²) in [4.78, 5) is 27.6. The van der Waals surface area contributed by atoms with Gasteiger partial charge < -0.3 is 19.7 Å². The third-order valence-corrected chi connectivity index (χ3v) is 5.02. The summed E-state index contributed by atoms with van der Waals surface area (Å²) in [6.07, 6.45) is 0. The van der Waals surface area contributed by atoms with Crippen LogP contribution in [0.1, 0.15) is 21.5 Å². The number of likely N-dealkylation sites (N-methyl/N-ethyl adjacent to an activating group) is 1. The minimum absolute atomic E-state index is 0.163. The van der Waals surface area contributed by atoms with Crippen LogP contribution in [0.4, 0.5) is 0 Å². The van der Waals surface area contributed by atoms with Crippen molar-refractivity contribution in [3.8, 4) is 0 Å². The van der Waals surface area contributed by atoms with E-state index < -0.39 is 11.9 Å². The Morgan fingerprint density at radius 1 is 1.11 bits per heavy atom. The highest BCUT2D eigenvalue weighted by atomic mass is 32.2. The Labute approximate surface area is 162 Å². The van der Waals surface area contributed by atoms with Crippen LogP contribution in [0.25, 0.3) is 5.76 Å². The lowest BCUT2D eigenvalue weighted by molar-refractivity contribution is -0.115. The lowest BCUT2D eigenvalue weighted by Gasteiger charge is -2.28. The molecule has 1 aliphatic rings. The molecule has 0 fully saturated rings. The van der Waals surface area contributed by atoms with Gasteiger partial charge in [0.05, 0.1) is 5.56 Å². The average molecular weight is 383 g/mol. The second-order valence-corrected chi connectivity index (χ2v) is 7.62. The standard InChI is InChI=1S/C20H21N3O3S/c1-22(2)12-13-8-10-14(11-9-13)20(25)26-18-15-6-4-5-7-16(15)27-23(3)17(18)19(21)24/h4-11H,12H2,1-3H3,(H2,21,24). The normalized spacial score (nSPS) is 13.6. The van der Waals surface area contributed by atoms with Crippen LogP contribution < -0.4 is 5.73 Å². The SMILES string of the molecule is CN(C)Cc1ccc(C(=O)OC2=C(C(N)=O)N(C)Sc3ccccc32)cc1. The maximum absolute atomic E-state index is 12.7. The molecular weight excluding hydrogens is 362 g/mol. The molecule has 0 aliphatic carbocycles. The summed E-state index contributed by atoms with van der Waals surface area (Å²) in [7, 11) is 5.68. The molecule has 0 saturated carbocycles. The van der Waals surface area contributed by atoms with Gasteiger partial charge in [-0.25, -0.2) is 4.79 Å². The van der Waals surface area contributed by atoms with Crippen molar-refractivity contribution in [3.63, 3.8) is 0 Å². The molecule has 2 aromatic rings. The molecule has 3 rings (SSSR count). The number of nitrogens with zero attached hydrogens (tertiary/aromatic N) is 2. The predicted octanol–water partition coefficient (Wildman–Crippen LogP) is 2.71. The van der Waals surface area contributed by atoms with Gasteiger partial charge in [0, 0.05) is 24.1 Å². The second-order valence-electron chi connectivity index (χ2n) is 6.45. The first-order valence-electron chi connectivity index (χ1n) is 8.38. The Balaban J connectivity index is 1.92. The number of rotatable bonds is 5. The van der Waals surface area contributed by atoms with Crippen molar-refractivity contribution in [1.29, 1.82) is 0 Å². The molecule has 0 atom stereocenters. The Hall–Kier alpha value is -2.77. The van der Waals surface area contributed by atoms with Gasteiger partial charge in [-0.3, -0.25) is 4.79 Å². The van der Waals surface area contributed by atoms with Gasteiger partial charge in [0.1, 0.15) is 0 Å². The zero-order valence-corrected chi connectivity index (χ0v) is 16.2. The van der Waals surface area contributed by atoms with E-state index in [9.17, 15) is 9.59 Å². The van der Waals surface area contributed by atoms with Crippen LogP contribution >= 0.6 is 11.9 Å². The van der Waals surface area contributed by atoms with Crippen molar-refractivity contribution in [3.05, 3.63) is 70.9 Å². The van der Waals surface area contributed by atoms with Crippen molar-refractivity contribution in [2.24, 2.45) is 5.73 Å². The van der Waals surface area contributed by atoms with Gasteiger partial charge in [0.15, 0.2) is 11.5 Å². The summed E-state index contributed by atoms with van der Waals surface area (Å²) in [6, 6.07) is 14.6. The zero-order valence-electron chi connectivity index (χ0n) is 15.4. The van der Waals surface area contributed by atoms with Crippen LogP contribution in [-0.2, 0) is 16.1 Å². The van der Waals surface area contributed by atoms with Crippen molar-refractivity contribution in [1.82, 2.24) is 9.21 Å². The molecule has 27 heavy (non-hydrogen) atoms. The number of benzene rings is 2. The number of nitrogens with two attached hydrogens (primary N) is 1. The van der Waals surface area contributed by atoms with Crippen LogP contribution in [0.2, 0.25) is 0 Å². The van der Waals surface area contributed by atoms with Crippen LogP contribution in [0.3, 0.4) is 0 Å². The topological polar surface area (TPSA) is 75.9 Å². The lowest BCUT2D eigenvalue weighted by Crippen LogP contribution is -2.29. The fourth-order valence-corrected chi connectivity index (χ4v) is 3.79. The molecule has 0 unspecified atom stereocenters. The number of esters is 1. The van der Waals surface area contributed by atoms with Crippen molar-refractivity contribution < 1.29 is 14.3 Å². The summed E-state index contributed by atoms with van der Waals surface area (Å²) < 4.78 is 7.26. The number of primary amides is 1. The molecule has 0 bridgehead atoms. The van der Waals surface area contributed by atoms with Gasteiger partial charge in [0.25, 0.3) is 5.91 Å². The molecule has 0 aromatic heterocycles. The van der Waals surface area contributed by atoms with E-state index in [-0.39, 0.29) is 11.5 Å². The maximum atomic E-state index is 12.7. The van der Waals surface area contributed by atoms with Crippen LogP contribution in [0.15, 0.2) is 59.1 Å². The molecule has 2 N–H and O–H groups in total. The molecule has 1 amide bonds. The molecule has 140 valence electrons. The number of ether oxygens (including phenoxy) is 1. The van der Waals surface area contributed by atoms with E-state index in [0.29, 0.717) is 11.1 Å². The zero-order chi connectivity index (χ0) is 19.6. The predicted molar refractivity (Wildman–Crippen MR) is 105 cm³/mol. The quantitative estimate of drug-likeness (QED) is 0.632. The highest BCUT2D eigenvalue weighted by molar-refractivity contribution is 7.97. The van der Waals surface area contributed by atoms with Crippen molar-refractivity contribution >= 4 is 29.6 Å². The number of hydrogen-bond acceptors (Lipinski definition) is 6. The third kappa shape index (κ3) is 4.15. The van der Waals surface area contributed by atoms with Crippen molar-refractivity contribution in [2.75, 3.05) is 21.1 Å². The minimum atomic E-state index is -0.649. The highest BCUT2D eigenvalue weighted by Crippen LogP contribution is 2.40. The first-order chi connectivity index (χ1) is 12.9. The van der Waals surface area contributed by atoms with E-state index in [4.69, 9.17) is 10.5 Å². The average Bonchev–Trinajstić information content (AvgIpc) is 2.61. The van der Waals surface area contributed by atoms with Gasteiger partial charge in [-0.05, 0) is 55.9 Å². The molecule has 0 saturated heterocycles. The monoisotopic (exact) mass is 383 g/mol. The van der Waals surface area contributed by atoms with Crippen molar-refractivity contribution in [2.45, 2.75) is 11.4 Å². The van der Waals surface area contributed by atoms with Gasteiger partial charge >= 0.3 is 5.97 Å². The summed E-state index contributed by atoms with van der Waals surface area (Å²) in [5.74, 6) is -0.999. The smallest absolute Gasteiger partial charge is 0.343 e. The molecule has 2 aromatic carbocycles. The van der Waals surface area contributed by atoms with Crippen LogP contribution in [0.5, 0.6) is 0 Å². The van der Waals surface area contributed by atoms with Crippen LogP contribution in [0, 0.1) is 0 Å². The summed E-state index contributed by atoms with van der Waals surface area (Å²) in [6.45, 7) is 0.779. The van der Waals surface area contributed by atoms with Gasteiger partial charge in [-0.2, -0.15) is 0 Å². The molecule has 1 aliphatic heterocycles. The minimum Gasteiger partial charge on any atom is -0.420 e. The Bertz CT molecular complexity index is 907. The Kier molecular flexibility index (Phi) is 5.53. The Morgan fingerprint density at radius 2 is 1.78 bits per heavy atom. The molecule has 6 nitrogen and oxygen atoms in total. The van der Waals surface area contributed by atoms with E-state index in [1.165, 1.54) is 11.9 Å².